The Morgan fingerprint density at radius 2 is 1.97 bits per heavy atom. The molecule has 10 heteroatoms. The highest BCUT2D eigenvalue weighted by Crippen LogP contribution is 2.32. The van der Waals surface area contributed by atoms with E-state index in [2.05, 4.69) is 15.5 Å². The molecule has 1 atom stereocenters. The van der Waals surface area contributed by atoms with Crippen molar-refractivity contribution in [3.63, 3.8) is 0 Å². The van der Waals surface area contributed by atoms with Gasteiger partial charge in [0.05, 0.1) is 7.11 Å². The predicted octanol–water partition coefficient (Wildman–Crippen LogP) is 3.95. The molecule has 1 saturated heterocycles. The van der Waals surface area contributed by atoms with Crippen LogP contribution >= 0.6 is 11.3 Å². The van der Waals surface area contributed by atoms with Gasteiger partial charge >= 0.3 is 0 Å². The number of aromatic nitrogens is 2. The van der Waals surface area contributed by atoms with Crippen molar-refractivity contribution in [2.24, 2.45) is 0 Å². The number of carbonyl (C=O) groups excluding carboxylic acids is 1. The molecule has 1 aliphatic heterocycles. The first-order valence-electron chi connectivity index (χ1n) is 10.8. The Balaban J connectivity index is 1.54. The van der Waals surface area contributed by atoms with Crippen LogP contribution in [0.2, 0.25) is 0 Å². The third-order valence-corrected chi connectivity index (χ3v) is 8.51. The highest BCUT2D eigenvalue weighted by atomic mass is 32.2. The van der Waals surface area contributed by atoms with Gasteiger partial charge in [-0.3, -0.25) is 10.1 Å². The van der Waals surface area contributed by atoms with Gasteiger partial charge in [0.15, 0.2) is 0 Å². The summed E-state index contributed by atoms with van der Waals surface area (Å²) in [6.07, 6.45) is 3.24. The molecule has 0 bridgehead atoms. The molecule has 33 heavy (non-hydrogen) atoms. The minimum atomic E-state index is -3.81. The van der Waals surface area contributed by atoms with Gasteiger partial charge in [0.25, 0.3) is 5.91 Å². The average Bonchev–Trinajstić information content (AvgIpc) is 3.26. The van der Waals surface area contributed by atoms with Gasteiger partial charge in [-0.1, -0.05) is 48.1 Å². The van der Waals surface area contributed by atoms with E-state index < -0.39 is 15.9 Å². The highest BCUT2D eigenvalue weighted by molar-refractivity contribution is 7.89. The summed E-state index contributed by atoms with van der Waals surface area (Å²) in [6.45, 7) is 2.36. The van der Waals surface area contributed by atoms with Crippen LogP contribution in [0, 0.1) is 0 Å². The van der Waals surface area contributed by atoms with E-state index in [4.69, 9.17) is 4.74 Å². The monoisotopic (exact) mass is 486 g/mol. The van der Waals surface area contributed by atoms with Crippen LogP contribution in [0.3, 0.4) is 0 Å². The van der Waals surface area contributed by atoms with E-state index in [1.54, 1.807) is 6.07 Å². The minimum absolute atomic E-state index is 0.00608. The molecule has 4 rings (SSSR count). The summed E-state index contributed by atoms with van der Waals surface area (Å²) in [5, 5.41) is 12.0. The molecule has 1 amide bonds. The van der Waals surface area contributed by atoms with Crippen LogP contribution in [-0.4, -0.2) is 48.5 Å². The molecule has 0 unspecified atom stereocenters. The number of nitrogens with one attached hydrogen (secondary N) is 1. The largest absolute Gasteiger partial charge is 0.495 e. The molecular weight excluding hydrogens is 460 g/mol. The molecule has 8 nitrogen and oxygen atoms in total. The number of piperidine rings is 1. The summed E-state index contributed by atoms with van der Waals surface area (Å²) in [5.74, 6) is -0.242. The van der Waals surface area contributed by atoms with E-state index in [9.17, 15) is 13.2 Å². The quantitative estimate of drug-likeness (QED) is 0.543. The summed E-state index contributed by atoms with van der Waals surface area (Å²) in [5.41, 5.74) is 1.31. The van der Waals surface area contributed by atoms with Crippen molar-refractivity contribution in [2.75, 3.05) is 19.0 Å². The van der Waals surface area contributed by atoms with Crippen molar-refractivity contribution in [1.82, 2.24) is 14.5 Å². The van der Waals surface area contributed by atoms with Gasteiger partial charge in [0.1, 0.15) is 15.7 Å². The molecular formula is C23H26N4O4S2. The number of rotatable bonds is 7. The zero-order valence-electron chi connectivity index (χ0n) is 18.5. The number of carbonyl (C=O) groups is 1. The molecule has 174 valence electrons. The zero-order valence-corrected chi connectivity index (χ0v) is 20.2. The molecule has 0 radical (unpaired) electrons. The Bertz CT molecular complexity index is 1230. The summed E-state index contributed by atoms with van der Waals surface area (Å²) >= 11 is 1.29. The van der Waals surface area contributed by atoms with Gasteiger partial charge in [0, 0.05) is 24.6 Å². The fraction of sp³-hybridized carbons (Fsp3) is 0.348. The highest BCUT2D eigenvalue weighted by Gasteiger charge is 2.33. The lowest BCUT2D eigenvalue weighted by molar-refractivity contribution is 0.102. The van der Waals surface area contributed by atoms with Crippen LogP contribution in [0.25, 0.3) is 0 Å². The summed E-state index contributed by atoms with van der Waals surface area (Å²) in [7, 11) is -2.39. The maximum atomic E-state index is 13.4. The third-order valence-electron chi connectivity index (χ3n) is 5.64. The van der Waals surface area contributed by atoms with Crippen molar-refractivity contribution in [3.05, 3.63) is 64.7 Å². The first kappa shape index (κ1) is 23.3. The maximum absolute atomic E-state index is 13.4. The van der Waals surface area contributed by atoms with Crippen molar-refractivity contribution < 1.29 is 17.9 Å². The molecule has 0 spiro atoms. The number of sulfonamides is 1. The lowest BCUT2D eigenvalue weighted by atomic mass is 10.1. The smallest absolute Gasteiger partial charge is 0.257 e. The molecule has 3 aromatic rings. The molecule has 2 aromatic carbocycles. The number of hydrogen-bond donors (Lipinski definition) is 1. The van der Waals surface area contributed by atoms with E-state index in [0.717, 1.165) is 29.8 Å². The molecule has 0 saturated carbocycles. The van der Waals surface area contributed by atoms with Crippen molar-refractivity contribution in [2.45, 2.75) is 43.5 Å². The van der Waals surface area contributed by atoms with E-state index in [-0.39, 0.29) is 22.3 Å². The van der Waals surface area contributed by atoms with Crippen molar-refractivity contribution in [1.29, 1.82) is 0 Å². The van der Waals surface area contributed by atoms with E-state index in [1.165, 1.54) is 34.9 Å². The molecule has 0 aliphatic carbocycles. The van der Waals surface area contributed by atoms with Gasteiger partial charge in [-0.25, -0.2) is 8.42 Å². The van der Waals surface area contributed by atoms with Crippen LogP contribution in [-0.2, 0) is 16.4 Å². The van der Waals surface area contributed by atoms with Gasteiger partial charge in [-0.2, -0.15) is 4.31 Å². The van der Waals surface area contributed by atoms with Gasteiger partial charge in [-0.05, 0) is 43.5 Å². The summed E-state index contributed by atoms with van der Waals surface area (Å²) in [6, 6.07) is 14.2. The maximum Gasteiger partial charge on any atom is 0.257 e. The number of methoxy groups -OCH3 is 1. The Kier molecular flexibility index (Phi) is 7.06. The van der Waals surface area contributed by atoms with Gasteiger partial charge in [-0.15, -0.1) is 10.2 Å². The Morgan fingerprint density at radius 3 is 2.70 bits per heavy atom. The third kappa shape index (κ3) is 5.23. The summed E-state index contributed by atoms with van der Waals surface area (Å²) in [4.78, 5) is 12.9. The number of ether oxygens (including phenoxy) is 1. The van der Waals surface area contributed by atoms with Crippen molar-refractivity contribution in [3.8, 4) is 5.75 Å². The predicted molar refractivity (Wildman–Crippen MR) is 127 cm³/mol. The lowest BCUT2D eigenvalue weighted by Crippen LogP contribution is -2.42. The average molecular weight is 487 g/mol. The first-order chi connectivity index (χ1) is 15.9. The van der Waals surface area contributed by atoms with Crippen molar-refractivity contribution >= 4 is 32.4 Å². The molecule has 1 aromatic heterocycles. The van der Waals surface area contributed by atoms with E-state index in [0.29, 0.717) is 18.1 Å². The minimum Gasteiger partial charge on any atom is -0.495 e. The molecule has 2 heterocycles. The van der Waals surface area contributed by atoms with Crippen LogP contribution in [0.15, 0.2) is 53.4 Å². The molecule has 1 fully saturated rings. The molecule has 1 N–H and O–H groups in total. The van der Waals surface area contributed by atoms with E-state index in [1.807, 2.05) is 37.3 Å². The van der Waals surface area contributed by atoms with E-state index >= 15 is 0 Å². The number of anilines is 1. The van der Waals surface area contributed by atoms with Crippen LogP contribution in [0.1, 0.15) is 47.1 Å². The van der Waals surface area contributed by atoms with Crippen LogP contribution in [0.5, 0.6) is 5.75 Å². The lowest BCUT2D eigenvalue weighted by Gasteiger charge is -2.32. The Morgan fingerprint density at radius 1 is 1.18 bits per heavy atom. The standard InChI is InChI=1S/C23H26N4O4S2/c1-16-8-6-7-13-27(16)33(29,30)20-15-18(11-12-19(20)31-2)22(28)24-23-26-25-21(32-23)14-17-9-4-3-5-10-17/h3-5,9-12,15-16H,6-8,13-14H2,1-2H3,(H,24,26,28)/t16-/m0/s1. The number of nitrogens with zero attached hydrogens (tertiary/aromatic N) is 3. The Hall–Kier alpha value is -2.82. The number of benzene rings is 2. The second-order valence-corrected chi connectivity index (χ2v) is 10.9. The second kappa shape index (κ2) is 9.98. The molecule has 1 aliphatic rings. The zero-order chi connectivity index (χ0) is 23.4. The number of amides is 1. The first-order valence-corrected chi connectivity index (χ1v) is 13.0. The summed E-state index contributed by atoms with van der Waals surface area (Å²) < 4.78 is 33.6. The number of hydrogen-bond acceptors (Lipinski definition) is 7. The normalized spacial score (nSPS) is 17.0. The topological polar surface area (TPSA) is 101 Å². The Labute approximate surface area is 197 Å². The van der Waals surface area contributed by atoms with Gasteiger partial charge < -0.3 is 4.74 Å². The van der Waals surface area contributed by atoms with Crippen LogP contribution in [0.4, 0.5) is 5.13 Å². The fourth-order valence-corrected chi connectivity index (χ4v) is 6.54. The van der Waals surface area contributed by atoms with Crippen LogP contribution < -0.4 is 10.1 Å². The fourth-order valence-electron chi connectivity index (χ4n) is 3.89. The SMILES string of the molecule is COc1ccc(C(=O)Nc2nnc(Cc3ccccc3)s2)cc1S(=O)(=O)N1CCCC[C@@H]1C. The second-order valence-electron chi connectivity index (χ2n) is 7.94. The van der Waals surface area contributed by atoms with Gasteiger partial charge in [0.2, 0.25) is 15.2 Å².